The van der Waals surface area contributed by atoms with Gasteiger partial charge in [0.2, 0.25) is 0 Å². The molecule has 42 valence electrons. The molecule has 0 unspecified atom stereocenters. The predicted molar refractivity (Wildman–Crippen MR) is 19.4 cm³/mol. The molecule has 0 fully saturated rings. The Morgan fingerprint density at radius 3 is 1.50 bits per heavy atom. The van der Waals surface area contributed by atoms with Crippen molar-refractivity contribution in [2.75, 3.05) is 0 Å². The molecule has 0 saturated carbocycles. The largest absolute Gasteiger partial charge is 1.00 e. The van der Waals surface area contributed by atoms with Crippen molar-refractivity contribution in [1.82, 2.24) is 0 Å². The second-order valence-corrected chi connectivity index (χ2v) is 2.90. The zero-order chi connectivity index (χ0) is 4.50. The summed E-state index contributed by atoms with van der Waals surface area (Å²) in [6.45, 7) is -4.06. The van der Waals surface area contributed by atoms with Gasteiger partial charge in [0.25, 0.3) is 0 Å². The van der Waals surface area contributed by atoms with Crippen molar-refractivity contribution in [2.45, 2.75) is 0 Å². The fourth-order valence-corrected chi connectivity index (χ4v) is 0. The summed E-state index contributed by atoms with van der Waals surface area (Å²) in [5.41, 5.74) is 0. The van der Waals surface area contributed by atoms with Crippen LogP contribution in [-0.2, 0) is 39.2 Å². The van der Waals surface area contributed by atoms with E-state index in [-0.39, 0.29) is 22.4 Å². The fourth-order valence-electron chi connectivity index (χ4n) is 0. The Labute approximate surface area is 56.0 Å². The van der Waals surface area contributed by atoms with Gasteiger partial charge in [-0.05, 0) is 0 Å². The van der Waals surface area contributed by atoms with Crippen LogP contribution in [0.4, 0.5) is 0 Å². The third-order valence-corrected chi connectivity index (χ3v) is 0. The second-order valence-electron chi connectivity index (χ2n) is 0.491. The van der Waals surface area contributed by atoms with Crippen LogP contribution in [0.2, 0.25) is 0 Å². The molecule has 0 aliphatic carbocycles. The molecule has 0 aliphatic heterocycles. The molecule has 2 N–H and O–H groups in total. The molecule has 0 saturated heterocycles. The van der Waals surface area contributed by atoms with Gasteiger partial charge in [-0.1, -0.05) is 0 Å². The van der Waals surface area contributed by atoms with Gasteiger partial charge in [0.05, 0.1) is 0 Å². The van der Waals surface area contributed by atoms with Crippen LogP contribution in [0.3, 0.4) is 0 Å². The van der Waals surface area contributed by atoms with Crippen molar-refractivity contribution in [3.8, 4) is 0 Å². The third kappa shape index (κ3) is 61.3. The Kier molecular flexibility index (Phi) is 5.59. The third-order valence-electron chi connectivity index (χ3n) is 0. The Hall–Kier alpha value is 1.24. The number of rotatable bonds is 0. The Morgan fingerprint density at radius 1 is 1.50 bits per heavy atom. The molecular weight excluding hydrogens is 219 g/mol. The second kappa shape index (κ2) is 3.27. The predicted octanol–water partition coefficient (Wildman–Crippen LogP) is -0.377. The van der Waals surface area contributed by atoms with E-state index in [9.17, 15) is 0 Å². The standard InChI is InChI=1S/Ag.H3O3PS/c;1-4(2,3)5/h;(H3,1,2,3,5)/q+1;/p-1. The zero-order valence-corrected chi connectivity index (χ0v) is 5.65. The molecule has 0 aromatic carbocycles. The number of hydrogen-bond acceptors (Lipinski definition) is 2. The maximum Gasteiger partial charge on any atom is 1.00 e. The van der Waals surface area contributed by atoms with Gasteiger partial charge in [-0.15, -0.1) is 0 Å². The van der Waals surface area contributed by atoms with Crippen LogP contribution in [0.15, 0.2) is 0 Å². The molecule has 0 aromatic rings. The van der Waals surface area contributed by atoms with Gasteiger partial charge in [0, 0.05) is 0 Å². The van der Waals surface area contributed by atoms with Crippen molar-refractivity contribution >= 4 is 19.0 Å². The van der Waals surface area contributed by atoms with E-state index < -0.39 is 6.80 Å². The van der Waals surface area contributed by atoms with E-state index in [4.69, 9.17) is 14.4 Å². The first-order valence-electron chi connectivity index (χ1n) is 0.765. The smallest absolute Gasteiger partial charge is 0.660 e. The van der Waals surface area contributed by atoms with Crippen LogP contribution in [-0.4, -0.2) is 9.79 Å². The van der Waals surface area contributed by atoms with Crippen molar-refractivity contribution in [3.05, 3.63) is 0 Å². The minimum absolute atomic E-state index is 0. The minimum Gasteiger partial charge on any atom is -0.660 e. The van der Waals surface area contributed by atoms with E-state index in [1.54, 1.807) is 0 Å². The Balaban J connectivity index is 0. The fraction of sp³-hybridized carbons (Fsp3) is 0. The molecule has 0 atom stereocenters. The molecule has 0 aliphatic rings. The molecular formula is H2AgO3PS. The summed E-state index contributed by atoms with van der Waals surface area (Å²) in [6, 6.07) is 0. The van der Waals surface area contributed by atoms with E-state index in [1.807, 2.05) is 0 Å². The van der Waals surface area contributed by atoms with Crippen molar-refractivity contribution in [2.24, 2.45) is 0 Å². The monoisotopic (exact) mass is 220 g/mol. The average molecular weight is 221 g/mol. The first-order valence-corrected chi connectivity index (χ1v) is 3.39. The van der Waals surface area contributed by atoms with Crippen molar-refractivity contribution in [1.29, 1.82) is 0 Å². The Bertz CT molecular complexity index is 56.9. The van der Waals surface area contributed by atoms with Crippen molar-refractivity contribution < 1.29 is 36.7 Å². The molecule has 0 amide bonds. The zero-order valence-electron chi connectivity index (χ0n) is 2.46. The van der Waals surface area contributed by atoms with Gasteiger partial charge in [-0.25, -0.2) is 0 Å². The SMILES string of the molecule is O=P(O)(O)[S-].[Ag+]. The number of hydrogen-bond donors (Lipinski definition) is 2. The first-order chi connectivity index (χ1) is 2.00. The van der Waals surface area contributed by atoms with Gasteiger partial charge >= 0.3 is 22.4 Å². The first kappa shape index (κ1) is 10.3. The molecule has 0 rings (SSSR count). The van der Waals surface area contributed by atoms with E-state index in [1.165, 1.54) is 0 Å². The van der Waals surface area contributed by atoms with Crippen LogP contribution >= 0.6 is 6.80 Å². The topological polar surface area (TPSA) is 57.5 Å². The van der Waals surface area contributed by atoms with Gasteiger partial charge in [-0.3, -0.25) is 4.57 Å². The van der Waals surface area contributed by atoms with E-state index in [0.717, 1.165) is 0 Å². The maximum absolute atomic E-state index is 9.14. The molecule has 0 spiro atoms. The molecule has 0 bridgehead atoms. The van der Waals surface area contributed by atoms with E-state index in [2.05, 4.69) is 12.2 Å². The van der Waals surface area contributed by atoms with E-state index in [0.29, 0.717) is 0 Å². The molecule has 6 heteroatoms. The summed E-state index contributed by atoms with van der Waals surface area (Å²) >= 11 is 3.49. The normalized spacial score (nSPS) is 9.83. The van der Waals surface area contributed by atoms with Crippen LogP contribution in [0.5, 0.6) is 0 Å². The van der Waals surface area contributed by atoms with Crippen LogP contribution < -0.4 is 0 Å². The van der Waals surface area contributed by atoms with Gasteiger partial charge in [-0.2, -0.15) is 0 Å². The summed E-state index contributed by atoms with van der Waals surface area (Å²) in [6.07, 6.45) is 0. The van der Waals surface area contributed by atoms with E-state index >= 15 is 0 Å². The average Bonchev–Trinajstić information content (AvgIpc) is 0.722. The van der Waals surface area contributed by atoms with Gasteiger partial charge in [0.1, 0.15) is 0 Å². The molecule has 0 heterocycles. The quantitative estimate of drug-likeness (QED) is 0.332. The van der Waals surface area contributed by atoms with Gasteiger partial charge in [0.15, 0.2) is 6.80 Å². The summed E-state index contributed by atoms with van der Waals surface area (Å²) in [4.78, 5) is 14.9. The molecule has 0 aromatic heterocycles. The summed E-state index contributed by atoms with van der Waals surface area (Å²) in [5.74, 6) is 0. The Morgan fingerprint density at radius 2 is 1.50 bits per heavy atom. The summed E-state index contributed by atoms with van der Waals surface area (Å²) in [7, 11) is 0. The van der Waals surface area contributed by atoms with Crippen LogP contribution in [0.25, 0.3) is 0 Å². The summed E-state index contributed by atoms with van der Waals surface area (Å²) < 4.78 is 9.14. The molecule has 3 nitrogen and oxygen atoms in total. The minimum atomic E-state index is -4.06. The van der Waals surface area contributed by atoms with Crippen molar-refractivity contribution in [3.63, 3.8) is 0 Å². The maximum atomic E-state index is 9.14. The van der Waals surface area contributed by atoms with Crippen LogP contribution in [0, 0.1) is 0 Å². The molecule has 6 heavy (non-hydrogen) atoms. The van der Waals surface area contributed by atoms with Gasteiger partial charge < -0.3 is 22.0 Å². The summed E-state index contributed by atoms with van der Waals surface area (Å²) in [5, 5.41) is 0. The van der Waals surface area contributed by atoms with Crippen LogP contribution in [0.1, 0.15) is 0 Å². The molecule has 0 radical (unpaired) electrons.